The van der Waals surface area contributed by atoms with Crippen LogP contribution >= 0.6 is 11.3 Å². The van der Waals surface area contributed by atoms with Crippen molar-refractivity contribution in [2.75, 3.05) is 5.32 Å². The number of hydrogen-bond acceptors (Lipinski definition) is 5. The molecule has 9 heteroatoms. The molecule has 0 aliphatic carbocycles. The van der Waals surface area contributed by atoms with E-state index >= 15 is 0 Å². The van der Waals surface area contributed by atoms with Gasteiger partial charge in [-0.3, -0.25) is 9.36 Å². The molecular formula is C18H11F2N3O3S. The number of para-hydroxylation sites is 2. The molecule has 0 bridgehead atoms. The van der Waals surface area contributed by atoms with Gasteiger partial charge in [0.05, 0.1) is 11.2 Å². The van der Waals surface area contributed by atoms with Gasteiger partial charge in [-0.05, 0) is 30.3 Å². The molecule has 2 aromatic carbocycles. The fourth-order valence-corrected chi connectivity index (χ4v) is 3.32. The number of nitrogens with one attached hydrogen (secondary N) is 1. The number of carbonyl (C=O) groups excluding carboxylic acids is 1. The number of nitrogens with zero attached hydrogens (tertiary/aromatic N) is 2. The van der Waals surface area contributed by atoms with Gasteiger partial charge in [-0.15, -0.1) is 11.3 Å². The van der Waals surface area contributed by atoms with Crippen LogP contribution in [-0.2, 0) is 11.3 Å². The summed E-state index contributed by atoms with van der Waals surface area (Å²) < 4.78 is 32.7. The number of benzene rings is 2. The standard InChI is InChI=1S/C18H11F2N3O3S/c19-11-6-5-10(7-12(11)20)13-9-27-17(21-13)22-16(24)8-23-14-3-1-2-4-15(14)26-18(23)25/h1-7,9H,8H2,(H,21,22,24). The highest BCUT2D eigenvalue weighted by atomic mass is 32.1. The van der Waals surface area contributed by atoms with E-state index in [1.807, 2.05) is 0 Å². The lowest BCUT2D eigenvalue weighted by Gasteiger charge is -2.02. The molecule has 0 aliphatic rings. The third-order valence-corrected chi connectivity index (χ3v) is 4.60. The maximum Gasteiger partial charge on any atom is 0.420 e. The van der Waals surface area contributed by atoms with Crippen LogP contribution < -0.4 is 11.1 Å². The Labute approximate surface area is 154 Å². The first-order valence-corrected chi connectivity index (χ1v) is 8.68. The number of halogens is 2. The van der Waals surface area contributed by atoms with Crippen LogP contribution in [0, 0.1) is 11.6 Å². The molecule has 0 atom stereocenters. The van der Waals surface area contributed by atoms with Crippen molar-refractivity contribution in [3.63, 3.8) is 0 Å². The van der Waals surface area contributed by atoms with E-state index in [0.717, 1.165) is 23.5 Å². The molecular weight excluding hydrogens is 376 g/mol. The molecule has 1 amide bonds. The van der Waals surface area contributed by atoms with Crippen molar-refractivity contribution in [1.29, 1.82) is 0 Å². The number of fused-ring (bicyclic) bond motifs is 1. The molecule has 0 radical (unpaired) electrons. The van der Waals surface area contributed by atoms with E-state index in [9.17, 15) is 18.4 Å². The lowest BCUT2D eigenvalue weighted by Crippen LogP contribution is -2.24. The Balaban J connectivity index is 1.52. The number of thiazole rings is 1. The third-order valence-electron chi connectivity index (χ3n) is 3.84. The van der Waals surface area contributed by atoms with E-state index in [4.69, 9.17) is 4.42 Å². The van der Waals surface area contributed by atoms with Gasteiger partial charge in [0.15, 0.2) is 22.3 Å². The van der Waals surface area contributed by atoms with Gasteiger partial charge >= 0.3 is 5.76 Å². The van der Waals surface area contributed by atoms with Crippen LogP contribution in [0.5, 0.6) is 0 Å². The number of amides is 1. The summed E-state index contributed by atoms with van der Waals surface area (Å²) in [5.74, 6) is -3.01. The predicted octanol–water partition coefficient (Wildman–Crippen LogP) is 3.63. The lowest BCUT2D eigenvalue weighted by atomic mass is 10.2. The summed E-state index contributed by atoms with van der Waals surface area (Å²) >= 11 is 1.13. The molecule has 0 aliphatic heterocycles. The minimum Gasteiger partial charge on any atom is -0.408 e. The number of oxazole rings is 1. The molecule has 0 saturated heterocycles. The van der Waals surface area contributed by atoms with Crippen LogP contribution in [0.3, 0.4) is 0 Å². The second-order valence-corrected chi connectivity index (χ2v) is 6.49. The first-order chi connectivity index (χ1) is 13.0. The number of carbonyl (C=O) groups is 1. The Morgan fingerprint density at radius 3 is 2.81 bits per heavy atom. The Hall–Kier alpha value is -3.33. The van der Waals surface area contributed by atoms with Crippen LogP contribution in [0.15, 0.2) is 57.1 Å². The zero-order chi connectivity index (χ0) is 19.0. The summed E-state index contributed by atoms with van der Waals surface area (Å²) in [4.78, 5) is 28.4. The first kappa shape index (κ1) is 17.1. The average Bonchev–Trinajstić information content (AvgIpc) is 3.22. The van der Waals surface area contributed by atoms with Crippen LogP contribution in [0.25, 0.3) is 22.4 Å². The van der Waals surface area contributed by atoms with Gasteiger partial charge in [0.2, 0.25) is 5.91 Å². The topological polar surface area (TPSA) is 77.1 Å². The Morgan fingerprint density at radius 2 is 2.00 bits per heavy atom. The summed E-state index contributed by atoms with van der Waals surface area (Å²) in [5, 5.41) is 4.48. The highest BCUT2D eigenvalue weighted by molar-refractivity contribution is 7.14. The fraction of sp³-hybridized carbons (Fsp3) is 0.0556. The highest BCUT2D eigenvalue weighted by Gasteiger charge is 2.14. The summed E-state index contributed by atoms with van der Waals surface area (Å²) in [6.07, 6.45) is 0. The summed E-state index contributed by atoms with van der Waals surface area (Å²) in [6.45, 7) is -0.240. The lowest BCUT2D eigenvalue weighted by molar-refractivity contribution is -0.116. The molecule has 4 rings (SSSR count). The molecule has 1 N–H and O–H groups in total. The van der Waals surface area contributed by atoms with Crippen molar-refractivity contribution in [2.24, 2.45) is 0 Å². The molecule has 2 heterocycles. The van der Waals surface area contributed by atoms with E-state index in [1.165, 1.54) is 10.6 Å². The Morgan fingerprint density at radius 1 is 1.19 bits per heavy atom. The maximum atomic E-state index is 13.3. The van der Waals surface area contributed by atoms with Crippen LogP contribution in [-0.4, -0.2) is 15.5 Å². The number of anilines is 1. The van der Waals surface area contributed by atoms with Crippen LogP contribution in [0.1, 0.15) is 0 Å². The second kappa shape index (κ2) is 6.76. The van der Waals surface area contributed by atoms with Crippen molar-refractivity contribution in [3.8, 4) is 11.3 Å². The third kappa shape index (κ3) is 3.36. The van der Waals surface area contributed by atoms with Gasteiger partial charge in [-0.25, -0.2) is 18.6 Å². The minimum absolute atomic E-state index is 0.240. The van der Waals surface area contributed by atoms with E-state index in [2.05, 4.69) is 10.3 Å². The SMILES string of the molecule is O=C(Cn1c(=O)oc2ccccc21)Nc1nc(-c2ccc(F)c(F)c2)cs1. The van der Waals surface area contributed by atoms with Gasteiger partial charge < -0.3 is 9.73 Å². The van der Waals surface area contributed by atoms with Gasteiger partial charge in [-0.1, -0.05) is 12.1 Å². The minimum atomic E-state index is -0.975. The van der Waals surface area contributed by atoms with E-state index in [0.29, 0.717) is 22.4 Å². The second-order valence-electron chi connectivity index (χ2n) is 5.64. The average molecular weight is 387 g/mol. The van der Waals surface area contributed by atoms with Gasteiger partial charge in [0.25, 0.3) is 0 Å². The number of rotatable bonds is 4. The zero-order valence-electron chi connectivity index (χ0n) is 13.6. The van der Waals surface area contributed by atoms with Crippen molar-refractivity contribution in [3.05, 3.63) is 70.0 Å². The van der Waals surface area contributed by atoms with Gasteiger partial charge in [-0.2, -0.15) is 0 Å². The number of hydrogen-bond donors (Lipinski definition) is 1. The zero-order valence-corrected chi connectivity index (χ0v) is 14.4. The van der Waals surface area contributed by atoms with Crippen LogP contribution in [0.4, 0.5) is 13.9 Å². The monoisotopic (exact) mass is 387 g/mol. The smallest absolute Gasteiger partial charge is 0.408 e. The van der Waals surface area contributed by atoms with E-state index < -0.39 is 23.3 Å². The van der Waals surface area contributed by atoms with Gasteiger partial charge in [0.1, 0.15) is 6.54 Å². The normalized spacial score (nSPS) is 11.0. The molecule has 0 fully saturated rings. The number of aromatic nitrogens is 2. The molecule has 0 unspecified atom stereocenters. The van der Waals surface area contributed by atoms with E-state index in [1.54, 1.807) is 29.6 Å². The summed E-state index contributed by atoms with van der Waals surface area (Å²) in [5.41, 5.74) is 1.70. The van der Waals surface area contributed by atoms with Crippen molar-refractivity contribution in [2.45, 2.75) is 6.54 Å². The van der Waals surface area contributed by atoms with Crippen molar-refractivity contribution in [1.82, 2.24) is 9.55 Å². The maximum absolute atomic E-state index is 13.3. The molecule has 2 aromatic heterocycles. The molecule has 27 heavy (non-hydrogen) atoms. The molecule has 0 saturated carbocycles. The Bertz CT molecular complexity index is 1210. The predicted molar refractivity (Wildman–Crippen MR) is 96.6 cm³/mol. The van der Waals surface area contributed by atoms with Crippen molar-refractivity contribution >= 4 is 33.5 Å². The Kier molecular flexibility index (Phi) is 4.28. The van der Waals surface area contributed by atoms with Gasteiger partial charge in [0, 0.05) is 10.9 Å². The fourth-order valence-electron chi connectivity index (χ4n) is 2.59. The molecule has 0 spiro atoms. The molecule has 4 aromatic rings. The largest absolute Gasteiger partial charge is 0.420 e. The molecule has 6 nitrogen and oxygen atoms in total. The quantitative estimate of drug-likeness (QED) is 0.580. The molecule has 136 valence electrons. The van der Waals surface area contributed by atoms with Crippen LogP contribution in [0.2, 0.25) is 0 Å². The van der Waals surface area contributed by atoms with Crippen molar-refractivity contribution < 1.29 is 18.0 Å². The van der Waals surface area contributed by atoms with E-state index in [-0.39, 0.29) is 11.7 Å². The highest BCUT2D eigenvalue weighted by Crippen LogP contribution is 2.26. The summed E-state index contributed by atoms with van der Waals surface area (Å²) in [6, 6.07) is 10.2. The summed E-state index contributed by atoms with van der Waals surface area (Å²) in [7, 11) is 0. The first-order valence-electron chi connectivity index (χ1n) is 7.80.